The van der Waals surface area contributed by atoms with Crippen LogP contribution < -0.4 is 15.6 Å². The fraction of sp³-hybridized carbons (Fsp3) is 0.571. The van der Waals surface area contributed by atoms with Gasteiger partial charge in [0.1, 0.15) is 24.7 Å². The summed E-state index contributed by atoms with van der Waals surface area (Å²) >= 11 is 0. The van der Waals surface area contributed by atoms with Crippen LogP contribution in [-0.4, -0.2) is 136 Å². The van der Waals surface area contributed by atoms with Gasteiger partial charge in [-0.3, -0.25) is 38.5 Å². The SMILES string of the molecule is C=CC(=O)N1CC[C@H](C(=O)N(C)C(C(=O)N[C@H]2Cc3cccc(c3)N3CCc4c(c(c(-c5cnn(C)c5[C@H](C)OC)n4CC(F)(F)F)CC(C)(C)COC(=O)[C@@H]4CCCN(N4)C2=O)C3=O)C(C)C)C1. The number of carbonyl (C=O) groups is 6. The molecule has 69 heavy (non-hydrogen) atoms. The summed E-state index contributed by atoms with van der Waals surface area (Å²) in [6.07, 6.45) is -1.39. The summed E-state index contributed by atoms with van der Waals surface area (Å²) < 4.78 is 58.6. The van der Waals surface area contributed by atoms with Crippen LogP contribution in [0.5, 0.6) is 0 Å². The molecule has 0 spiro atoms. The molecule has 4 aliphatic rings. The van der Waals surface area contributed by atoms with Crippen molar-refractivity contribution in [1.29, 1.82) is 0 Å². The Balaban J connectivity index is 1.30. The van der Waals surface area contributed by atoms with Crippen molar-refractivity contribution in [1.82, 2.24) is 39.9 Å². The maximum atomic E-state index is 15.1. The second-order valence-electron chi connectivity index (χ2n) is 19.8. The van der Waals surface area contributed by atoms with E-state index < -0.39 is 77.9 Å². The number of benzene rings is 1. The van der Waals surface area contributed by atoms with E-state index in [0.29, 0.717) is 53.9 Å². The van der Waals surface area contributed by atoms with Gasteiger partial charge in [0.2, 0.25) is 17.7 Å². The molecule has 5 amide bonds. The van der Waals surface area contributed by atoms with Crippen molar-refractivity contribution in [3.63, 3.8) is 0 Å². The van der Waals surface area contributed by atoms with Gasteiger partial charge in [0.15, 0.2) is 0 Å². The summed E-state index contributed by atoms with van der Waals surface area (Å²) in [7, 11) is 4.70. The predicted octanol–water partition coefficient (Wildman–Crippen LogP) is 4.53. The van der Waals surface area contributed by atoms with Crippen LogP contribution in [0.15, 0.2) is 43.1 Å². The van der Waals surface area contributed by atoms with Gasteiger partial charge in [-0.25, -0.2) is 5.43 Å². The molecule has 17 nitrogen and oxygen atoms in total. The molecular formula is C49H64F3N9O8. The predicted molar refractivity (Wildman–Crippen MR) is 248 cm³/mol. The second kappa shape index (κ2) is 20.1. The quantitative estimate of drug-likeness (QED) is 0.217. The fourth-order valence-electron chi connectivity index (χ4n) is 10.4. The number of halogens is 3. The number of esters is 1. The van der Waals surface area contributed by atoms with Gasteiger partial charge in [-0.2, -0.15) is 18.3 Å². The Hall–Kier alpha value is -6.02. The number of likely N-dealkylation sites (N-methyl/N-ethyl adjacent to an activating group) is 1. The van der Waals surface area contributed by atoms with E-state index in [9.17, 15) is 37.1 Å². The van der Waals surface area contributed by atoms with Crippen molar-refractivity contribution in [2.75, 3.05) is 51.8 Å². The first-order valence-electron chi connectivity index (χ1n) is 23.5. The number of alkyl halides is 3. The topological polar surface area (TPSA) is 181 Å². The van der Waals surface area contributed by atoms with Crippen molar-refractivity contribution < 1.29 is 51.4 Å². The molecule has 2 saturated heterocycles. The third kappa shape index (κ3) is 10.6. The maximum Gasteiger partial charge on any atom is 0.406 e. The van der Waals surface area contributed by atoms with Crippen LogP contribution in [0, 0.1) is 17.3 Å². The normalized spacial score (nSPS) is 21.9. The maximum absolute atomic E-state index is 15.1. The lowest BCUT2D eigenvalue weighted by atomic mass is 9.83. The number of rotatable bonds is 10. The van der Waals surface area contributed by atoms with Crippen LogP contribution in [0.25, 0.3) is 11.3 Å². The lowest BCUT2D eigenvalue weighted by Crippen LogP contribution is -2.62. The van der Waals surface area contributed by atoms with E-state index in [0.717, 1.165) is 0 Å². The van der Waals surface area contributed by atoms with Gasteiger partial charge >= 0.3 is 12.1 Å². The van der Waals surface area contributed by atoms with Crippen LogP contribution in [0.4, 0.5) is 18.9 Å². The molecule has 20 heteroatoms. The van der Waals surface area contributed by atoms with E-state index in [4.69, 9.17) is 9.47 Å². The third-order valence-electron chi connectivity index (χ3n) is 13.8. The van der Waals surface area contributed by atoms with Crippen molar-refractivity contribution in [2.24, 2.45) is 24.3 Å². The number of amides is 5. The highest BCUT2D eigenvalue weighted by Gasteiger charge is 2.43. The summed E-state index contributed by atoms with van der Waals surface area (Å²) in [5, 5.41) is 8.69. The summed E-state index contributed by atoms with van der Waals surface area (Å²) in [5.41, 5.74) is 4.85. The van der Waals surface area contributed by atoms with Gasteiger partial charge in [0, 0.05) is 82.6 Å². The zero-order chi connectivity index (χ0) is 50.3. The van der Waals surface area contributed by atoms with E-state index >= 15 is 4.79 Å². The number of cyclic esters (lactones) is 1. The highest BCUT2D eigenvalue weighted by Crippen LogP contribution is 2.43. The van der Waals surface area contributed by atoms with E-state index in [1.807, 2.05) is 13.8 Å². The monoisotopic (exact) mass is 963 g/mol. The summed E-state index contributed by atoms with van der Waals surface area (Å²) in [6, 6.07) is 3.70. The third-order valence-corrected chi connectivity index (χ3v) is 13.8. The molecule has 374 valence electrons. The molecule has 7 rings (SSSR count). The summed E-state index contributed by atoms with van der Waals surface area (Å²) in [6.45, 7) is 11.7. The lowest BCUT2D eigenvalue weighted by molar-refractivity contribution is -0.155. The van der Waals surface area contributed by atoms with Gasteiger partial charge in [0.05, 0.1) is 41.8 Å². The largest absolute Gasteiger partial charge is 0.464 e. The van der Waals surface area contributed by atoms with Crippen molar-refractivity contribution in [2.45, 2.75) is 110 Å². The number of methoxy groups -OCH3 is 1. The number of fused-ring (bicyclic) bond motifs is 6. The first-order valence-corrected chi connectivity index (χ1v) is 23.5. The molecule has 2 aromatic heterocycles. The number of nitrogens with one attached hydrogen (secondary N) is 2. The van der Waals surface area contributed by atoms with Gasteiger partial charge in [-0.15, -0.1) is 0 Å². The van der Waals surface area contributed by atoms with Crippen LogP contribution in [0.3, 0.4) is 0 Å². The first-order chi connectivity index (χ1) is 32.5. The minimum Gasteiger partial charge on any atom is -0.464 e. The van der Waals surface area contributed by atoms with Gasteiger partial charge in [0.25, 0.3) is 11.8 Å². The van der Waals surface area contributed by atoms with E-state index in [1.54, 1.807) is 56.8 Å². The number of hydrogen-bond acceptors (Lipinski definition) is 10. The highest BCUT2D eigenvalue weighted by molar-refractivity contribution is 6.10. The zero-order valence-corrected chi connectivity index (χ0v) is 40.7. The Morgan fingerprint density at radius 3 is 2.54 bits per heavy atom. The van der Waals surface area contributed by atoms with Crippen molar-refractivity contribution >= 4 is 41.2 Å². The van der Waals surface area contributed by atoms with E-state index in [-0.39, 0.29) is 74.3 Å². The van der Waals surface area contributed by atoms with Crippen LogP contribution >= 0.6 is 0 Å². The molecule has 0 saturated carbocycles. The number of anilines is 1. The molecule has 4 aliphatic heterocycles. The Kier molecular flexibility index (Phi) is 14.8. The number of ether oxygens (including phenoxy) is 2. The molecule has 0 aliphatic carbocycles. The summed E-state index contributed by atoms with van der Waals surface area (Å²) in [5.74, 6) is -3.87. The standard InChI is InChI=1S/C49H64F3N9O8/c1-10-38(62)58-19-16-31(25-58)44(64)56(7)40(28(2)3)43(63)54-36-22-30-13-11-14-32(21-30)59-20-17-37-39(46(59)66)33(23-48(5,6)27-69-47(67)35-15-12-18-61(55-35)45(36)65)42(60(37)26-49(50,51)52)34-24-53-57(8)41(34)29(4)68-9/h10-11,13-14,21,24,28-29,31,35-36,40,55H,1,12,15-20,22-23,25-27H2,2-9H3,(H,54,63)/t29-,31-,35-,36-,40?/m0/s1. The van der Waals surface area contributed by atoms with E-state index in [1.165, 1.54) is 50.7 Å². The summed E-state index contributed by atoms with van der Waals surface area (Å²) in [4.78, 5) is 88.9. The smallest absolute Gasteiger partial charge is 0.406 e. The molecule has 5 atom stereocenters. The molecular weight excluding hydrogens is 900 g/mol. The second-order valence-corrected chi connectivity index (χ2v) is 19.8. The number of aromatic nitrogens is 3. The number of carbonyl (C=O) groups excluding carboxylic acids is 6. The number of likely N-dealkylation sites (tertiary alicyclic amines) is 1. The molecule has 6 heterocycles. The van der Waals surface area contributed by atoms with E-state index in [2.05, 4.69) is 22.4 Å². The van der Waals surface area contributed by atoms with Gasteiger partial charge in [-0.05, 0) is 67.9 Å². The molecule has 1 aromatic carbocycles. The number of hydrazine groups is 1. The minimum atomic E-state index is -4.67. The van der Waals surface area contributed by atoms with Crippen LogP contribution in [-0.2, 0) is 66.3 Å². The molecule has 0 radical (unpaired) electrons. The molecule has 6 bridgehead atoms. The van der Waals surface area contributed by atoms with Crippen LogP contribution in [0.2, 0.25) is 0 Å². The Bertz CT molecular complexity index is 2500. The average Bonchev–Trinajstić information content (AvgIpc) is 4.02. The highest BCUT2D eigenvalue weighted by atomic mass is 19.4. The minimum absolute atomic E-state index is 0.0283. The van der Waals surface area contributed by atoms with Crippen molar-refractivity contribution in [3.05, 3.63) is 71.2 Å². The van der Waals surface area contributed by atoms with Gasteiger partial charge in [-0.1, -0.05) is 46.4 Å². The number of hydrogen-bond donors (Lipinski definition) is 2. The average molecular weight is 964 g/mol. The van der Waals surface area contributed by atoms with Crippen LogP contribution in [0.1, 0.15) is 92.9 Å². The molecule has 3 aromatic rings. The fourth-order valence-corrected chi connectivity index (χ4v) is 10.4. The Morgan fingerprint density at radius 1 is 1.12 bits per heavy atom. The lowest BCUT2D eigenvalue weighted by Gasteiger charge is -2.37. The first kappa shape index (κ1) is 50.8. The van der Waals surface area contributed by atoms with Gasteiger partial charge < -0.3 is 34.1 Å². The Labute approximate surface area is 400 Å². The van der Waals surface area contributed by atoms with Crippen molar-refractivity contribution in [3.8, 4) is 11.3 Å². The number of nitrogens with zero attached hydrogens (tertiary/aromatic N) is 7. The zero-order valence-electron chi connectivity index (χ0n) is 40.7. The molecule has 1 unspecified atom stereocenters. The Morgan fingerprint density at radius 2 is 1.86 bits per heavy atom. The molecule has 2 N–H and O–H groups in total. The molecule has 2 fully saturated rings. The number of aryl methyl sites for hydroxylation is 1.